The maximum absolute atomic E-state index is 8.31. The van der Waals surface area contributed by atoms with Crippen molar-refractivity contribution in [2.45, 2.75) is 6.16 Å². The Morgan fingerprint density at radius 3 is 1.71 bits per heavy atom. The van der Waals surface area contributed by atoms with E-state index in [-0.39, 0.29) is 13.2 Å². The number of aliphatic hydroxyl groups is 2. The fraction of sp³-hybridized carbons (Fsp3) is 1.00. The van der Waals surface area contributed by atoms with Crippen LogP contribution < -0.4 is 0 Å². The zero-order valence-electron chi connectivity index (χ0n) is 3.63. The molecule has 7 heavy (non-hydrogen) atoms. The third-order valence-corrected chi connectivity index (χ3v) is 0.664. The van der Waals surface area contributed by atoms with Gasteiger partial charge in [-0.05, 0) is 0 Å². The maximum atomic E-state index is 8.31. The van der Waals surface area contributed by atoms with E-state index in [0.29, 0.717) is 0 Å². The monoisotopic (exact) mass is 106 g/mol. The van der Waals surface area contributed by atoms with E-state index >= 15 is 0 Å². The van der Waals surface area contributed by atoms with Crippen molar-refractivity contribution in [3.8, 4) is 0 Å². The Balaban J connectivity index is 2.40. The highest BCUT2D eigenvalue weighted by Gasteiger charge is 2.30. The van der Waals surface area contributed by atoms with E-state index in [4.69, 9.17) is 10.2 Å². The number of hydrogen-bond donors (Lipinski definition) is 2. The molecule has 1 rings (SSSR count). The molecule has 0 aromatic heterocycles. The molecule has 1 aliphatic rings. The van der Waals surface area contributed by atoms with Gasteiger partial charge in [0.2, 0.25) is 0 Å². The quantitative estimate of drug-likeness (QED) is 0.374. The van der Waals surface area contributed by atoms with Crippen LogP contribution in [0.3, 0.4) is 0 Å². The van der Waals surface area contributed by atoms with Crippen LogP contribution in [0.15, 0.2) is 0 Å². The maximum Gasteiger partial charge on any atom is 0.407 e. The average molecular weight is 106 g/mol. The van der Waals surface area contributed by atoms with Gasteiger partial charge in [-0.3, -0.25) is 0 Å². The Hall–Kier alpha value is -0.160. The molecule has 1 fully saturated rings. The fourth-order valence-electron chi connectivity index (χ4n) is 0.391. The van der Waals surface area contributed by atoms with Crippen LogP contribution in [0.25, 0.3) is 0 Å². The average Bonchev–Trinajstić information content (AvgIpc) is 1.84. The van der Waals surface area contributed by atoms with Gasteiger partial charge in [-0.2, -0.15) is 0 Å². The molecule has 2 N–H and O–H groups in total. The molecule has 0 aromatic rings. The first-order valence-electron chi connectivity index (χ1n) is 1.93. The van der Waals surface area contributed by atoms with E-state index in [1.807, 2.05) is 0 Å². The second-order valence-corrected chi connectivity index (χ2v) is 1.25. The summed E-state index contributed by atoms with van der Waals surface area (Å²) in [6, 6.07) is 0. The highest BCUT2D eigenvalue weighted by molar-refractivity contribution is 4.41. The molecule has 1 saturated heterocycles. The molecule has 0 aliphatic carbocycles. The molecule has 0 spiro atoms. The van der Waals surface area contributed by atoms with Crippen molar-refractivity contribution in [3.05, 3.63) is 0 Å². The van der Waals surface area contributed by atoms with Gasteiger partial charge in [-0.1, -0.05) is 0 Å². The van der Waals surface area contributed by atoms with Gasteiger partial charge in [-0.25, -0.2) is 0 Å². The zero-order valence-corrected chi connectivity index (χ0v) is 3.63. The second-order valence-electron chi connectivity index (χ2n) is 1.25. The number of rotatable bonds is 0. The summed E-state index contributed by atoms with van der Waals surface area (Å²) in [6.45, 7) is 0.486. The number of hydrogen-bond acceptors (Lipinski definition) is 4. The van der Waals surface area contributed by atoms with Crippen molar-refractivity contribution in [2.75, 3.05) is 13.2 Å². The van der Waals surface area contributed by atoms with Gasteiger partial charge < -0.3 is 19.7 Å². The molecule has 1 aliphatic heterocycles. The largest absolute Gasteiger partial charge is 0.407 e. The van der Waals surface area contributed by atoms with Gasteiger partial charge in [0.15, 0.2) is 0 Å². The minimum atomic E-state index is -2.31. The Labute approximate surface area is 40.3 Å². The molecule has 42 valence electrons. The first-order valence-corrected chi connectivity index (χ1v) is 1.93. The molecule has 0 saturated carbocycles. The molecule has 0 radical (unpaired) electrons. The van der Waals surface area contributed by atoms with Crippen molar-refractivity contribution in [3.63, 3.8) is 0 Å². The summed E-state index contributed by atoms with van der Waals surface area (Å²) in [7, 11) is 0. The van der Waals surface area contributed by atoms with Gasteiger partial charge in [-0.15, -0.1) is 0 Å². The summed E-state index contributed by atoms with van der Waals surface area (Å²) in [4.78, 5) is 0. The number of ether oxygens (including phenoxy) is 2. The van der Waals surface area contributed by atoms with Gasteiger partial charge in [0.05, 0.1) is 13.2 Å². The lowest BCUT2D eigenvalue weighted by molar-refractivity contribution is -0.429. The van der Waals surface area contributed by atoms with Gasteiger partial charge in [0.1, 0.15) is 0 Å². The van der Waals surface area contributed by atoms with Crippen LogP contribution >= 0.6 is 0 Å². The highest BCUT2D eigenvalue weighted by atomic mass is 17.0. The van der Waals surface area contributed by atoms with Crippen LogP contribution in [-0.4, -0.2) is 29.6 Å². The summed E-state index contributed by atoms with van der Waals surface area (Å²) in [6.07, 6.45) is -2.31. The minimum absolute atomic E-state index is 0.243. The molecule has 0 atom stereocenters. The predicted octanol–water partition coefficient (Wildman–Crippen LogP) is -1.37. The fourth-order valence-corrected chi connectivity index (χ4v) is 0.391. The van der Waals surface area contributed by atoms with E-state index in [1.165, 1.54) is 0 Å². The van der Waals surface area contributed by atoms with Gasteiger partial charge in [0, 0.05) is 0 Å². The van der Waals surface area contributed by atoms with E-state index in [9.17, 15) is 0 Å². The zero-order chi connectivity index (χ0) is 5.33. The molecule has 4 nitrogen and oxygen atoms in total. The van der Waals surface area contributed by atoms with Crippen LogP contribution in [0.4, 0.5) is 0 Å². The van der Waals surface area contributed by atoms with Crippen LogP contribution in [0.5, 0.6) is 0 Å². The van der Waals surface area contributed by atoms with E-state index in [1.54, 1.807) is 0 Å². The van der Waals surface area contributed by atoms with Crippen molar-refractivity contribution in [1.29, 1.82) is 0 Å². The van der Waals surface area contributed by atoms with Crippen molar-refractivity contribution in [1.82, 2.24) is 0 Å². The second kappa shape index (κ2) is 1.41. The predicted molar refractivity (Wildman–Crippen MR) is 19.1 cm³/mol. The third-order valence-electron chi connectivity index (χ3n) is 0.664. The van der Waals surface area contributed by atoms with Gasteiger partial charge in [0.25, 0.3) is 0 Å². The summed E-state index contributed by atoms with van der Waals surface area (Å²) < 4.78 is 8.46. The molecular formula is C3H6O4. The summed E-state index contributed by atoms with van der Waals surface area (Å²) >= 11 is 0. The SMILES string of the molecule is OC1(O)OCCO1. The lowest BCUT2D eigenvalue weighted by Crippen LogP contribution is -2.27. The molecule has 0 aromatic carbocycles. The molecular weight excluding hydrogens is 100 g/mol. The molecule has 1 heterocycles. The van der Waals surface area contributed by atoms with Crippen molar-refractivity contribution >= 4 is 0 Å². The molecule has 0 amide bonds. The normalized spacial score (nSPS) is 28.3. The lowest BCUT2D eigenvalue weighted by atomic mass is 10.8. The van der Waals surface area contributed by atoms with Crippen LogP contribution in [0, 0.1) is 0 Å². The van der Waals surface area contributed by atoms with Crippen LogP contribution in [0.2, 0.25) is 0 Å². The molecule has 0 unspecified atom stereocenters. The van der Waals surface area contributed by atoms with Crippen LogP contribution in [-0.2, 0) is 9.47 Å². The smallest absolute Gasteiger partial charge is 0.319 e. The van der Waals surface area contributed by atoms with Crippen LogP contribution in [0.1, 0.15) is 0 Å². The van der Waals surface area contributed by atoms with E-state index in [2.05, 4.69) is 9.47 Å². The Morgan fingerprint density at radius 2 is 1.57 bits per heavy atom. The Morgan fingerprint density at radius 1 is 1.14 bits per heavy atom. The van der Waals surface area contributed by atoms with E-state index < -0.39 is 6.16 Å². The Kier molecular flexibility index (Phi) is 1.01. The van der Waals surface area contributed by atoms with Crippen molar-refractivity contribution in [2.24, 2.45) is 0 Å². The molecule has 0 bridgehead atoms. The standard InChI is InChI=1S/C3H6O4/c4-3(5)6-1-2-7-3/h4-5H,1-2H2. The van der Waals surface area contributed by atoms with Crippen molar-refractivity contribution < 1.29 is 19.7 Å². The molecule has 4 heteroatoms. The minimum Gasteiger partial charge on any atom is -0.319 e. The van der Waals surface area contributed by atoms with Gasteiger partial charge >= 0.3 is 6.16 Å². The van der Waals surface area contributed by atoms with E-state index in [0.717, 1.165) is 0 Å². The summed E-state index contributed by atoms with van der Waals surface area (Å²) in [5.41, 5.74) is 0. The summed E-state index contributed by atoms with van der Waals surface area (Å²) in [5, 5.41) is 16.6. The summed E-state index contributed by atoms with van der Waals surface area (Å²) in [5.74, 6) is 0. The first-order chi connectivity index (χ1) is 3.21. The topological polar surface area (TPSA) is 58.9 Å². The third kappa shape index (κ3) is 1.10. The lowest BCUT2D eigenvalue weighted by Gasteiger charge is -2.08. The Bertz CT molecular complexity index is 61.3. The first kappa shape index (κ1) is 4.99. The highest BCUT2D eigenvalue weighted by Crippen LogP contribution is 2.09.